The fraction of sp³-hybridized carbons (Fsp3) is 0.357. The summed E-state index contributed by atoms with van der Waals surface area (Å²) in [6.07, 6.45) is 1.76. The molecule has 122 valence electrons. The first-order chi connectivity index (χ1) is 11.1. The van der Waals surface area contributed by atoms with Gasteiger partial charge in [0.05, 0.1) is 13.2 Å². The number of nitrogens with zero attached hydrogens (tertiary/aromatic N) is 3. The highest BCUT2D eigenvalue weighted by atomic mass is 32.1. The molecular weight excluding hydrogens is 318 g/mol. The number of ether oxygens (including phenoxy) is 1. The van der Waals surface area contributed by atoms with Crippen molar-refractivity contribution in [1.82, 2.24) is 20.4 Å². The summed E-state index contributed by atoms with van der Waals surface area (Å²) in [5.74, 6) is -0.821. The highest BCUT2D eigenvalue weighted by molar-refractivity contribution is 7.13. The lowest BCUT2D eigenvalue weighted by Crippen LogP contribution is -2.42. The van der Waals surface area contributed by atoms with E-state index in [9.17, 15) is 9.59 Å². The number of hydrogen-bond acceptors (Lipinski definition) is 6. The van der Waals surface area contributed by atoms with E-state index in [0.29, 0.717) is 18.9 Å². The van der Waals surface area contributed by atoms with Crippen LogP contribution in [0.4, 0.5) is 5.13 Å². The predicted molar refractivity (Wildman–Crippen MR) is 85.5 cm³/mol. The number of nitrogens with one attached hydrogen (secondary N) is 2. The van der Waals surface area contributed by atoms with Crippen molar-refractivity contribution >= 4 is 28.3 Å². The summed E-state index contributed by atoms with van der Waals surface area (Å²) in [5.41, 5.74) is 5.50. The van der Waals surface area contributed by atoms with E-state index in [1.165, 1.54) is 11.3 Å². The van der Waals surface area contributed by atoms with Crippen LogP contribution in [0.2, 0.25) is 0 Å². The van der Waals surface area contributed by atoms with E-state index < -0.39 is 5.91 Å². The van der Waals surface area contributed by atoms with Gasteiger partial charge in [0, 0.05) is 31.7 Å². The third kappa shape index (κ3) is 3.51. The molecule has 0 spiro atoms. The van der Waals surface area contributed by atoms with Crippen LogP contribution in [0, 0.1) is 0 Å². The minimum atomic E-state index is -0.441. The number of amides is 2. The molecule has 8 nitrogen and oxygen atoms in total. The standard InChI is InChI=1S/C14H17N5O3S/c1-18-4-2-3-11(18)13(21)17-16-12(20)10-9-23-14(15-10)19-5-7-22-8-6-19/h2-4,9H,5-8H2,1H3,(H,16,20)(H,17,21). The summed E-state index contributed by atoms with van der Waals surface area (Å²) in [5, 5.41) is 2.46. The van der Waals surface area contributed by atoms with Crippen LogP contribution in [0.3, 0.4) is 0 Å². The molecule has 9 heteroatoms. The van der Waals surface area contributed by atoms with Crippen LogP contribution in [-0.2, 0) is 11.8 Å². The number of rotatable bonds is 3. The van der Waals surface area contributed by atoms with Crippen LogP contribution in [0.1, 0.15) is 21.0 Å². The van der Waals surface area contributed by atoms with Crippen molar-refractivity contribution in [2.45, 2.75) is 0 Å². The summed E-state index contributed by atoms with van der Waals surface area (Å²) in [7, 11) is 1.76. The molecule has 1 aliphatic heterocycles. The average molecular weight is 335 g/mol. The van der Waals surface area contributed by atoms with Crippen LogP contribution in [0.5, 0.6) is 0 Å². The number of hydrogen-bond donors (Lipinski definition) is 2. The predicted octanol–water partition coefficient (Wildman–Crippen LogP) is 0.393. The molecule has 0 aromatic carbocycles. The molecule has 1 aliphatic rings. The topological polar surface area (TPSA) is 88.5 Å². The maximum atomic E-state index is 12.1. The normalized spacial score (nSPS) is 14.6. The summed E-state index contributed by atoms with van der Waals surface area (Å²) >= 11 is 1.40. The average Bonchev–Trinajstić information content (AvgIpc) is 3.22. The number of carbonyl (C=O) groups is 2. The molecule has 0 bridgehead atoms. The molecule has 2 amide bonds. The van der Waals surface area contributed by atoms with Crippen molar-refractivity contribution in [3.63, 3.8) is 0 Å². The Hall–Kier alpha value is -2.39. The highest BCUT2D eigenvalue weighted by Gasteiger charge is 2.18. The quantitative estimate of drug-likeness (QED) is 0.793. The smallest absolute Gasteiger partial charge is 0.289 e. The number of hydrazine groups is 1. The lowest BCUT2D eigenvalue weighted by Gasteiger charge is -2.25. The molecule has 0 radical (unpaired) electrons. The Morgan fingerprint density at radius 1 is 1.26 bits per heavy atom. The second kappa shape index (κ2) is 6.80. The van der Waals surface area contributed by atoms with Gasteiger partial charge in [-0.2, -0.15) is 0 Å². The molecule has 23 heavy (non-hydrogen) atoms. The van der Waals surface area contributed by atoms with Gasteiger partial charge in [0.15, 0.2) is 5.13 Å². The van der Waals surface area contributed by atoms with Crippen LogP contribution in [-0.4, -0.2) is 47.7 Å². The van der Waals surface area contributed by atoms with Crippen molar-refractivity contribution < 1.29 is 14.3 Å². The molecule has 2 aromatic heterocycles. The van der Waals surface area contributed by atoms with Crippen molar-refractivity contribution in [3.8, 4) is 0 Å². The summed E-state index contributed by atoms with van der Waals surface area (Å²) < 4.78 is 6.96. The zero-order valence-electron chi connectivity index (χ0n) is 12.6. The van der Waals surface area contributed by atoms with Gasteiger partial charge in [0.2, 0.25) is 0 Å². The van der Waals surface area contributed by atoms with Gasteiger partial charge in [-0.25, -0.2) is 4.98 Å². The lowest BCUT2D eigenvalue weighted by molar-refractivity contribution is 0.0840. The number of morpholine rings is 1. The van der Waals surface area contributed by atoms with E-state index >= 15 is 0 Å². The number of thiazole rings is 1. The van der Waals surface area contributed by atoms with Gasteiger partial charge in [-0.1, -0.05) is 0 Å². The Labute approximate surface area is 137 Å². The largest absolute Gasteiger partial charge is 0.378 e. The van der Waals surface area contributed by atoms with Gasteiger partial charge in [-0.3, -0.25) is 20.4 Å². The maximum Gasteiger partial charge on any atom is 0.289 e. The van der Waals surface area contributed by atoms with Gasteiger partial charge in [0.25, 0.3) is 11.8 Å². The van der Waals surface area contributed by atoms with E-state index in [-0.39, 0.29) is 11.6 Å². The first-order valence-corrected chi connectivity index (χ1v) is 8.03. The number of carbonyl (C=O) groups excluding carboxylic acids is 2. The SMILES string of the molecule is Cn1cccc1C(=O)NNC(=O)c1csc(N2CCOCC2)n1. The summed E-state index contributed by atoms with van der Waals surface area (Å²) in [4.78, 5) is 30.4. The fourth-order valence-corrected chi connectivity index (χ4v) is 3.07. The Balaban J connectivity index is 1.57. The monoisotopic (exact) mass is 335 g/mol. The minimum absolute atomic E-state index is 0.281. The van der Waals surface area contributed by atoms with Gasteiger partial charge in [-0.05, 0) is 12.1 Å². The molecule has 0 atom stereocenters. The molecule has 1 fully saturated rings. The number of aryl methyl sites for hydroxylation is 1. The fourth-order valence-electron chi connectivity index (χ4n) is 2.21. The maximum absolute atomic E-state index is 12.1. The highest BCUT2D eigenvalue weighted by Crippen LogP contribution is 2.21. The van der Waals surface area contributed by atoms with Crippen molar-refractivity contribution in [3.05, 3.63) is 35.1 Å². The van der Waals surface area contributed by atoms with Crippen LogP contribution >= 0.6 is 11.3 Å². The van der Waals surface area contributed by atoms with Gasteiger partial charge < -0.3 is 14.2 Å². The minimum Gasteiger partial charge on any atom is -0.378 e. The second-order valence-corrected chi connectivity index (χ2v) is 5.86. The molecule has 3 heterocycles. The van der Waals surface area contributed by atoms with E-state index in [1.807, 2.05) is 0 Å². The number of aromatic nitrogens is 2. The number of anilines is 1. The Morgan fingerprint density at radius 2 is 2.00 bits per heavy atom. The van der Waals surface area contributed by atoms with E-state index in [2.05, 4.69) is 20.7 Å². The molecular formula is C14H17N5O3S. The molecule has 2 N–H and O–H groups in total. The van der Waals surface area contributed by atoms with Gasteiger partial charge in [0.1, 0.15) is 11.4 Å². The summed E-state index contributed by atoms with van der Waals surface area (Å²) in [6, 6.07) is 3.42. The molecule has 3 rings (SSSR count). The molecule has 0 unspecified atom stereocenters. The molecule has 0 aliphatic carbocycles. The van der Waals surface area contributed by atoms with E-state index in [1.54, 1.807) is 35.3 Å². The molecule has 2 aromatic rings. The van der Waals surface area contributed by atoms with Crippen LogP contribution in [0.25, 0.3) is 0 Å². The zero-order chi connectivity index (χ0) is 16.2. The van der Waals surface area contributed by atoms with E-state index in [4.69, 9.17) is 4.74 Å². The Bertz CT molecular complexity index is 705. The van der Waals surface area contributed by atoms with Crippen molar-refractivity contribution in [2.75, 3.05) is 31.2 Å². The molecule has 1 saturated heterocycles. The van der Waals surface area contributed by atoms with Crippen LogP contribution in [0.15, 0.2) is 23.7 Å². The van der Waals surface area contributed by atoms with Crippen LogP contribution < -0.4 is 15.8 Å². The van der Waals surface area contributed by atoms with Crippen molar-refractivity contribution in [2.24, 2.45) is 7.05 Å². The Morgan fingerprint density at radius 3 is 2.70 bits per heavy atom. The van der Waals surface area contributed by atoms with Gasteiger partial charge in [-0.15, -0.1) is 11.3 Å². The Kier molecular flexibility index (Phi) is 4.58. The zero-order valence-corrected chi connectivity index (χ0v) is 13.4. The third-order valence-corrected chi connectivity index (χ3v) is 4.37. The lowest BCUT2D eigenvalue weighted by atomic mass is 10.4. The first-order valence-electron chi connectivity index (χ1n) is 7.15. The summed E-state index contributed by atoms with van der Waals surface area (Å²) in [6.45, 7) is 2.85. The molecule has 0 saturated carbocycles. The third-order valence-electron chi connectivity index (χ3n) is 3.47. The van der Waals surface area contributed by atoms with Crippen molar-refractivity contribution in [1.29, 1.82) is 0 Å². The van der Waals surface area contributed by atoms with E-state index in [0.717, 1.165) is 18.2 Å². The second-order valence-electron chi connectivity index (χ2n) is 5.03. The van der Waals surface area contributed by atoms with Gasteiger partial charge >= 0.3 is 0 Å². The first kappa shape index (κ1) is 15.5.